The van der Waals surface area contributed by atoms with Crippen molar-refractivity contribution in [2.75, 3.05) is 20.7 Å². The van der Waals surface area contributed by atoms with E-state index in [4.69, 9.17) is 16.0 Å². The van der Waals surface area contributed by atoms with Crippen molar-refractivity contribution in [3.8, 4) is 5.75 Å². The Bertz CT molecular complexity index is 1330. The van der Waals surface area contributed by atoms with Gasteiger partial charge in [-0.3, -0.25) is 29.5 Å². The van der Waals surface area contributed by atoms with Gasteiger partial charge in [0.15, 0.2) is 11.4 Å². The maximum absolute atomic E-state index is 13.8. The van der Waals surface area contributed by atoms with Gasteiger partial charge >= 0.3 is 0 Å². The van der Waals surface area contributed by atoms with Crippen LogP contribution in [0.15, 0.2) is 29.0 Å². The molecule has 1 heterocycles. The number of nitrogens with zero attached hydrogens (tertiary/aromatic N) is 2. The molecule has 37 heavy (non-hydrogen) atoms. The van der Waals surface area contributed by atoms with E-state index in [1.807, 2.05) is 0 Å². The van der Waals surface area contributed by atoms with Crippen LogP contribution in [0.25, 0.3) is 5.76 Å². The molecule has 2 fully saturated rings. The van der Waals surface area contributed by atoms with Crippen LogP contribution in [-0.2, 0) is 32.2 Å². The number of aromatic hydroxyl groups is 1. The first-order chi connectivity index (χ1) is 17.4. The first-order valence-corrected chi connectivity index (χ1v) is 11.9. The summed E-state index contributed by atoms with van der Waals surface area (Å²) in [4.78, 5) is 46.0. The fourth-order valence-electron chi connectivity index (χ4n) is 6.21. The van der Waals surface area contributed by atoms with E-state index in [1.165, 1.54) is 16.0 Å². The molecule has 1 saturated heterocycles. The number of aliphatic hydroxyl groups excluding tert-OH is 2. The average Bonchev–Trinajstić information content (AvgIpc) is 3.22. The van der Waals surface area contributed by atoms with Crippen molar-refractivity contribution < 1.29 is 39.6 Å². The van der Waals surface area contributed by atoms with E-state index in [2.05, 4.69) is 0 Å². The van der Waals surface area contributed by atoms with E-state index in [0.29, 0.717) is 24.2 Å². The normalized spacial score (nSPS) is 29.6. The van der Waals surface area contributed by atoms with Crippen LogP contribution in [0.3, 0.4) is 0 Å². The second kappa shape index (κ2) is 8.40. The molecule has 1 aromatic rings. The highest BCUT2D eigenvalue weighted by Crippen LogP contribution is 2.53. The third kappa shape index (κ3) is 3.40. The summed E-state index contributed by atoms with van der Waals surface area (Å²) in [5.41, 5.74) is 2.84. The lowest BCUT2D eigenvalue weighted by Gasteiger charge is -2.50. The molecule has 12 nitrogen and oxygen atoms in total. The summed E-state index contributed by atoms with van der Waals surface area (Å²) >= 11 is 0. The fourth-order valence-corrected chi connectivity index (χ4v) is 6.21. The maximum Gasteiger partial charge on any atom is 0.255 e. The number of hydrogen-bond acceptors (Lipinski definition) is 10. The number of hydroxylamine groups is 2. The van der Waals surface area contributed by atoms with Crippen LogP contribution in [0, 0.1) is 17.2 Å². The predicted octanol–water partition coefficient (Wildman–Crippen LogP) is 0.0786. The van der Waals surface area contributed by atoms with Crippen molar-refractivity contribution in [1.29, 1.82) is 5.41 Å². The third-order valence-electron chi connectivity index (χ3n) is 7.90. The topological polar surface area (TPSA) is 198 Å². The Balaban J connectivity index is 1.67. The Kier molecular flexibility index (Phi) is 5.66. The van der Waals surface area contributed by atoms with Gasteiger partial charge in [-0.2, -0.15) is 0 Å². The van der Waals surface area contributed by atoms with Gasteiger partial charge in [0.05, 0.1) is 24.8 Å². The molecule has 7 N–H and O–H groups in total. The first kappa shape index (κ1) is 24.9. The van der Waals surface area contributed by atoms with E-state index < -0.39 is 58.0 Å². The number of phenols is 1. The van der Waals surface area contributed by atoms with Crippen LogP contribution < -0.4 is 5.73 Å². The average molecular weight is 513 g/mol. The molecule has 196 valence electrons. The summed E-state index contributed by atoms with van der Waals surface area (Å²) in [7, 11) is 3.10. The Hall–Kier alpha value is -3.74. The molecule has 3 aliphatic carbocycles. The number of carbonyl (C=O) groups is 3. The molecule has 1 aliphatic heterocycles. The summed E-state index contributed by atoms with van der Waals surface area (Å²) in [6, 6.07) is 1.88. The fraction of sp³-hybridized carbons (Fsp3) is 0.440. The molecule has 0 bridgehead atoms. The molecule has 2 unspecified atom stereocenters. The number of nitrogens with one attached hydrogen (secondary N) is 1. The lowest BCUT2D eigenvalue weighted by atomic mass is 9.57. The van der Waals surface area contributed by atoms with Crippen LogP contribution >= 0.6 is 0 Å². The van der Waals surface area contributed by atoms with Gasteiger partial charge < -0.3 is 26.2 Å². The number of fused-ring (bicyclic) bond motifs is 3. The molecule has 4 atom stereocenters. The van der Waals surface area contributed by atoms with Crippen molar-refractivity contribution in [2.45, 2.75) is 37.5 Å². The van der Waals surface area contributed by atoms with Crippen LogP contribution in [0.2, 0.25) is 0 Å². The Morgan fingerprint density at radius 2 is 1.97 bits per heavy atom. The number of phenolic OH excluding ortho intramolecular Hbond substituents is 1. The predicted molar refractivity (Wildman–Crippen MR) is 128 cm³/mol. The Morgan fingerprint density at radius 3 is 2.57 bits per heavy atom. The number of aliphatic hydroxyl groups is 3. The van der Waals surface area contributed by atoms with Crippen molar-refractivity contribution in [1.82, 2.24) is 9.96 Å². The van der Waals surface area contributed by atoms with Crippen LogP contribution in [0.5, 0.6) is 5.75 Å². The largest absolute Gasteiger partial charge is 0.508 e. The molecule has 5 rings (SSSR count). The highest BCUT2D eigenvalue weighted by molar-refractivity contribution is 6.24. The van der Waals surface area contributed by atoms with E-state index in [1.54, 1.807) is 20.2 Å². The number of ketones is 2. The number of rotatable bonds is 4. The quantitative estimate of drug-likeness (QED) is 0.300. The SMILES string of the molecule is CN(C)[C@@H]1C(=O)C(C(N)=O)=C(O)[C@@]2(O)C(=O)C3=C(O)c4c(O)ccc(CN5OCCC5=N)c4CC3CC12. The van der Waals surface area contributed by atoms with Gasteiger partial charge in [0.1, 0.15) is 28.7 Å². The second-order valence-corrected chi connectivity index (χ2v) is 10.1. The number of hydrogen-bond donors (Lipinski definition) is 6. The Morgan fingerprint density at radius 1 is 1.27 bits per heavy atom. The second-order valence-electron chi connectivity index (χ2n) is 10.1. The van der Waals surface area contributed by atoms with Gasteiger partial charge in [-0.25, -0.2) is 5.06 Å². The number of amides is 1. The van der Waals surface area contributed by atoms with Crippen molar-refractivity contribution in [3.05, 3.63) is 45.7 Å². The number of carbonyl (C=O) groups excluding carboxylic acids is 3. The number of primary amides is 1. The number of nitrogens with two attached hydrogens (primary N) is 1. The highest BCUT2D eigenvalue weighted by atomic mass is 16.7. The van der Waals surface area contributed by atoms with Gasteiger partial charge in [0, 0.05) is 17.9 Å². The highest BCUT2D eigenvalue weighted by Gasteiger charge is 2.64. The summed E-state index contributed by atoms with van der Waals surface area (Å²) in [6.07, 6.45) is 0.646. The van der Waals surface area contributed by atoms with Gasteiger partial charge in [0.2, 0.25) is 5.78 Å². The molecule has 4 aliphatic rings. The van der Waals surface area contributed by atoms with Gasteiger partial charge in [-0.1, -0.05) is 6.07 Å². The van der Waals surface area contributed by atoms with Gasteiger partial charge in [-0.05, 0) is 50.0 Å². The maximum atomic E-state index is 13.8. The van der Waals surface area contributed by atoms with E-state index in [0.717, 1.165) is 0 Å². The zero-order valence-corrected chi connectivity index (χ0v) is 20.3. The van der Waals surface area contributed by atoms with E-state index >= 15 is 0 Å². The zero-order chi connectivity index (χ0) is 27.0. The molecule has 1 saturated carbocycles. The molecule has 12 heteroatoms. The van der Waals surface area contributed by atoms with Gasteiger partial charge in [0.25, 0.3) is 5.91 Å². The summed E-state index contributed by atoms with van der Waals surface area (Å²) < 4.78 is 0. The standard InChI is InChI=1S/C25H28N4O8/c1-28(2)19-13-8-11-7-12-10(9-29-15(26)5-6-37-29)3-4-14(30)17(12)20(31)16(11)22(33)25(13,36)23(34)18(21(19)32)24(27)35/h3-4,11,13,19,26,30-31,34,36H,5-9H2,1-2H3,(H2,27,35)/t11?,13?,19-,25-/m0/s1. The summed E-state index contributed by atoms with van der Waals surface area (Å²) in [6.45, 7) is 0.554. The lowest BCUT2D eigenvalue weighted by molar-refractivity contribution is -0.153. The van der Waals surface area contributed by atoms with Crippen LogP contribution in [0.1, 0.15) is 29.5 Å². The first-order valence-electron chi connectivity index (χ1n) is 11.9. The Labute approximate surface area is 211 Å². The zero-order valence-electron chi connectivity index (χ0n) is 20.3. The van der Waals surface area contributed by atoms with Crippen LogP contribution in [-0.4, -0.2) is 86.0 Å². The van der Waals surface area contributed by atoms with E-state index in [9.17, 15) is 34.8 Å². The molecular weight excluding hydrogens is 484 g/mol. The third-order valence-corrected chi connectivity index (χ3v) is 7.90. The number of likely N-dealkylation sites (N-methyl/N-ethyl adjacent to an activating group) is 1. The number of Topliss-reactive ketones (excluding diaryl/α,β-unsaturated/α-hetero) is 2. The van der Waals surface area contributed by atoms with Gasteiger partial charge in [-0.15, -0.1) is 0 Å². The smallest absolute Gasteiger partial charge is 0.255 e. The van der Waals surface area contributed by atoms with Crippen molar-refractivity contribution in [2.24, 2.45) is 17.6 Å². The lowest BCUT2D eigenvalue weighted by Crippen LogP contribution is -2.65. The summed E-state index contributed by atoms with van der Waals surface area (Å²) in [5, 5.41) is 53.9. The minimum absolute atomic E-state index is 0.0108. The number of amidine groups is 1. The molecule has 1 aromatic carbocycles. The van der Waals surface area contributed by atoms with Crippen molar-refractivity contribution >= 4 is 29.1 Å². The number of benzene rings is 1. The molecule has 0 spiro atoms. The molecular formula is C25H28N4O8. The van der Waals surface area contributed by atoms with E-state index in [-0.39, 0.29) is 42.1 Å². The molecule has 0 radical (unpaired) electrons. The molecule has 0 aromatic heterocycles. The summed E-state index contributed by atoms with van der Waals surface area (Å²) in [5.74, 6) is -6.60. The van der Waals surface area contributed by atoms with Crippen LogP contribution in [0.4, 0.5) is 0 Å². The van der Waals surface area contributed by atoms with Crippen molar-refractivity contribution in [3.63, 3.8) is 0 Å². The minimum atomic E-state index is -2.67. The molecule has 1 amide bonds. The minimum Gasteiger partial charge on any atom is -0.508 e. The monoisotopic (exact) mass is 512 g/mol.